The Morgan fingerprint density at radius 2 is 1.92 bits per heavy atom. The maximum atomic E-state index is 12.7. The van der Waals surface area contributed by atoms with Crippen molar-refractivity contribution in [2.45, 2.75) is 50.3 Å². The highest BCUT2D eigenvalue weighted by Crippen LogP contribution is 2.43. The van der Waals surface area contributed by atoms with Crippen molar-refractivity contribution in [2.75, 3.05) is 24.2 Å². The molecular weight excluding hydrogens is 768 g/mol. The van der Waals surface area contributed by atoms with E-state index in [4.69, 9.17) is 19.7 Å². The van der Waals surface area contributed by atoms with Crippen LogP contribution in [0.4, 0.5) is 11.8 Å². The number of nitrogens with two attached hydrogens (primary N) is 1. The first-order chi connectivity index (χ1) is 23.4. The van der Waals surface area contributed by atoms with Gasteiger partial charge in [0, 0.05) is 34.5 Å². The lowest BCUT2D eigenvalue weighted by molar-refractivity contribution is -0.169. The molecule has 1 fully saturated rings. The van der Waals surface area contributed by atoms with Crippen LogP contribution >= 0.6 is 30.8 Å². The number of fused-ring (bicyclic) bond motifs is 2. The van der Waals surface area contributed by atoms with E-state index in [-0.39, 0.29) is 24.1 Å². The summed E-state index contributed by atoms with van der Waals surface area (Å²) in [5, 5.41) is 36.6. The molecule has 1 aliphatic rings. The molecule has 256 valence electrons. The Bertz CT molecular complexity index is 2030. The standard InChI is InChI=1S/C32H33IN7O8P/c1-17(28(42)43)39-49(45)48-24-20-11-7-6-10-19(20)12-13-21(24)46-16-22-25(41)32(2,44)29(47-22)40-27-23(36-30(40)33)26(37-31(34)38-27)35-15-14-18-8-4-3-5-9-18/h3-13,17,22,25,29,41,44H,14-16H2,1-2H3,(H,42,43)(H3,34,35,37,38)/t17?,22-,25-,29-,32-/m1/s1. The summed E-state index contributed by atoms with van der Waals surface area (Å²) in [5.41, 5.74) is 6.12. The highest BCUT2D eigenvalue weighted by molar-refractivity contribution is 14.1. The molecule has 0 bridgehead atoms. The van der Waals surface area contributed by atoms with E-state index in [1.807, 2.05) is 65.1 Å². The second-order valence-electron chi connectivity index (χ2n) is 11.6. The van der Waals surface area contributed by atoms with Gasteiger partial charge in [0.15, 0.2) is 38.8 Å². The third kappa shape index (κ3) is 7.25. The van der Waals surface area contributed by atoms with Crippen molar-refractivity contribution in [1.82, 2.24) is 19.5 Å². The molecule has 15 nitrogen and oxygen atoms in total. The van der Waals surface area contributed by atoms with Crippen molar-refractivity contribution in [3.63, 3.8) is 0 Å². The van der Waals surface area contributed by atoms with Crippen molar-refractivity contribution >= 4 is 70.4 Å². The van der Waals surface area contributed by atoms with Crippen LogP contribution in [0.5, 0.6) is 11.5 Å². The van der Waals surface area contributed by atoms with E-state index in [1.54, 1.807) is 28.8 Å². The fourth-order valence-corrected chi connectivity index (χ4v) is 7.01. The van der Waals surface area contributed by atoms with Crippen LogP contribution in [0.3, 0.4) is 0 Å². The summed E-state index contributed by atoms with van der Waals surface area (Å²) in [5.74, 6) is -0.628. The van der Waals surface area contributed by atoms with Crippen molar-refractivity contribution < 1.29 is 39.0 Å². The molecule has 6 atom stereocenters. The average molecular weight is 802 g/mol. The Balaban J connectivity index is 1.25. The summed E-state index contributed by atoms with van der Waals surface area (Å²) in [6, 6.07) is 19.2. The van der Waals surface area contributed by atoms with Crippen molar-refractivity contribution in [1.29, 1.82) is 0 Å². The van der Waals surface area contributed by atoms with Gasteiger partial charge in [0.1, 0.15) is 24.4 Å². The lowest BCUT2D eigenvalue weighted by Crippen LogP contribution is -2.45. The molecule has 3 aromatic carbocycles. The number of ether oxygens (including phenoxy) is 2. The highest BCUT2D eigenvalue weighted by Gasteiger charge is 2.54. The molecule has 2 unspecified atom stereocenters. The van der Waals surface area contributed by atoms with E-state index in [0.29, 0.717) is 32.7 Å². The zero-order chi connectivity index (χ0) is 34.9. The molecule has 1 saturated heterocycles. The normalized spacial score (nSPS) is 21.6. The first-order valence-corrected chi connectivity index (χ1v) is 17.4. The van der Waals surface area contributed by atoms with E-state index in [9.17, 15) is 25.0 Å². The highest BCUT2D eigenvalue weighted by atomic mass is 127. The maximum Gasteiger partial charge on any atom is 0.395 e. The van der Waals surface area contributed by atoms with Gasteiger partial charge in [-0.25, -0.2) is 9.78 Å². The minimum absolute atomic E-state index is 0.0167. The molecule has 6 rings (SSSR count). The summed E-state index contributed by atoms with van der Waals surface area (Å²) in [7, 11) is -2.78. The largest absolute Gasteiger partial charge is 0.575 e. The second kappa shape index (κ2) is 14.3. The molecular formula is C32H33IN7O8P. The first kappa shape index (κ1) is 34.7. The number of hydrogen-bond acceptors (Lipinski definition) is 13. The van der Waals surface area contributed by atoms with Gasteiger partial charge in [-0.3, -0.25) is 9.09 Å². The van der Waals surface area contributed by atoms with E-state index in [0.717, 1.165) is 17.4 Å². The van der Waals surface area contributed by atoms with Crippen molar-refractivity contribution in [3.05, 3.63) is 76.1 Å². The minimum Gasteiger partial charge on any atom is -0.575 e. The molecule has 49 heavy (non-hydrogen) atoms. The van der Waals surface area contributed by atoms with Gasteiger partial charge in [0.2, 0.25) is 11.7 Å². The third-order valence-electron chi connectivity index (χ3n) is 8.09. The minimum atomic E-state index is -2.78. The number of halogens is 1. The number of carbonyl (C=O) groups is 1. The van der Waals surface area contributed by atoms with Crippen molar-refractivity contribution in [3.8, 4) is 11.5 Å². The van der Waals surface area contributed by atoms with Crippen LogP contribution < -0.4 is 25.2 Å². The average Bonchev–Trinajstić information content (AvgIpc) is 3.51. The summed E-state index contributed by atoms with van der Waals surface area (Å²) in [4.78, 5) is 37.4. The predicted molar refractivity (Wildman–Crippen MR) is 188 cm³/mol. The number of aromatic nitrogens is 4. The topological polar surface area (TPSA) is 223 Å². The Labute approximate surface area is 294 Å². The van der Waals surface area contributed by atoms with Crippen LogP contribution in [0.15, 0.2) is 71.5 Å². The van der Waals surface area contributed by atoms with Crippen LogP contribution in [0.2, 0.25) is 0 Å². The van der Waals surface area contributed by atoms with Gasteiger partial charge < -0.3 is 40.7 Å². The Morgan fingerprint density at radius 1 is 1.18 bits per heavy atom. The van der Waals surface area contributed by atoms with E-state index >= 15 is 0 Å². The molecule has 6 N–H and O–H groups in total. The molecule has 0 radical (unpaired) electrons. The van der Waals surface area contributed by atoms with Crippen molar-refractivity contribution in [2.24, 2.45) is 4.74 Å². The van der Waals surface area contributed by atoms with E-state index in [2.05, 4.69) is 25.0 Å². The smallest absolute Gasteiger partial charge is 0.395 e. The number of rotatable bonds is 12. The second-order valence-corrected chi connectivity index (χ2v) is 13.5. The van der Waals surface area contributed by atoms with Gasteiger partial charge in [-0.05, 0) is 37.3 Å². The number of nitrogen functional groups attached to an aromatic ring is 1. The zero-order valence-electron chi connectivity index (χ0n) is 26.3. The number of aliphatic carboxylic acids is 1. The summed E-state index contributed by atoms with van der Waals surface area (Å²) in [6.07, 6.45) is -2.91. The number of carboxylic acids is 1. The quantitative estimate of drug-likeness (QED) is 0.0692. The summed E-state index contributed by atoms with van der Waals surface area (Å²) in [6.45, 7) is 3.02. The monoisotopic (exact) mass is 801 g/mol. The van der Waals surface area contributed by atoms with Gasteiger partial charge >= 0.3 is 14.1 Å². The molecule has 0 spiro atoms. The van der Waals surface area contributed by atoms with Crippen LogP contribution in [-0.2, 0) is 16.0 Å². The molecule has 1 aliphatic heterocycles. The molecule has 3 heterocycles. The van der Waals surface area contributed by atoms with Gasteiger partial charge in [0.25, 0.3) is 0 Å². The van der Waals surface area contributed by atoms with E-state index in [1.165, 1.54) is 13.8 Å². The van der Waals surface area contributed by atoms with Crippen LogP contribution in [0.25, 0.3) is 21.9 Å². The lowest BCUT2D eigenvalue weighted by Gasteiger charge is -2.27. The number of aliphatic hydroxyl groups is 2. The summed E-state index contributed by atoms with van der Waals surface area (Å²) < 4.78 is 23.6. The predicted octanol–water partition coefficient (Wildman–Crippen LogP) is 3.62. The Morgan fingerprint density at radius 3 is 2.67 bits per heavy atom. The third-order valence-corrected chi connectivity index (χ3v) is 9.73. The SMILES string of the molecule is CC(N=[P+]([O-])Oc1c(OC[C@H]2O[C@@H](n3c(I)nc4c(NCCc5ccccc5)nc(N)nc43)[C@](C)(O)[C@@H]2O)ccc2ccccc12)C(=O)O. The molecule has 0 saturated carbocycles. The Hall–Kier alpha value is -4.19. The molecule has 0 amide bonds. The Kier molecular flexibility index (Phi) is 10.1. The number of benzene rings is 3. The number of nitrogens with one attached hydrogen (secondary N) is 1. The zero-order valence-corrected chi connectivity index (χ0v) is 29.4. The van der Waals surface area contributed by atoms with Crippen LogP contribution in [0, 0.1) is 3.83 Å². The first-order valence-electron chi connectivity index (χ1n) is 15.2. The van der Waals surface area contributed by atoms with Gasteiger partial charge in [-0.2, -0.15) is 9.97 Å². The number of anilines is 2. The number of aliphatic hydroxyl groups excluding tert-OH is 1. The number of nitrogens with zero attached hydrogens (tertiary/aromatic N) is 5. The van der Waals surface area contributed by atoms with Gasteiger partial charge in [0.05, 0.1) is 0 Å². The molecule has 17 heteroatoms. The lowest BCUT2D eigenvalue weighted by atomic mass is 9.96. The van der Waals surface area contributed by atoms with Gasteiger partial charge in [-0.1, -0.05) is 65.4 Å². The van der Waals surface area contributed by atoms with Crippen LogP contribution in [0.1, 0.15) is 25.6 Å². The molecule has 2 aromatic heterocycles. The fourth-order valence-electron chi connectivity index (χ4n) is 5.51. The van der Waals surface area contributed by atoms with Crippen LogP contribution in [-0.4, -0.2) is 77.8 Å². The number of carboxylic acid groups (broad SMARTS) is 1. The molecule has 5 aromatic rings. The fraction of sp³-hybridized carbons (Fsp3) is 0.312. The van der Waals surface area contributed by atoms with Gasteiger partial charge in [-0.15, -0.1) is 0 Å². The summed E-state index contributed by atoms with van der Waals surface area (Å²) >= 11 is 2.00. The number of hydrogen-bond donors (Lipinski definition) is 5. The maximum absolute atomic E-state index is 12.7. The number of imidazole rings is 1. The molecule has 0 aliphatic carbocycles. The van der Waals surface area contributed by atoms with E-state index < -0.39 is 44.2 Å².